The first kappa shape index (κ1) is 31.7. The summed E-state index contributed by atoms with van der Waals surface area (Å²) < 4.78 is 56.8. The van der Waals surface area contributed by atoms with E-state index in [0.717, 1.165) is 10.6 Å². The van der Waals surface area contributed by atoms with Crippen LogP contribution in [0.5, 0.6) is 5.75 Å². The minimum atomic E-state index is -1.31. The van der Waals surface area contributed by atoms with E-state index >= 15 is 13.2 Å². The number of nitrogens with two attached hydrogens (primary N) is 1. The van der Waals surface area contributed by atoms with E-state index in [9.17, 15) is 9.59 Å². The van der Waals surface area contributed by atoms with E-state index in [2.05, 4.69) is 16.5 Å². The minimum absolute atomic E-state index is 0.0313. The van der Waals surface area contributed by atoms with E-state index in [1.807, 2.05) is 13.8 Å². The standard InChI is InChI=1S/C32H29Cl2F3N6O3/c1-5-19(44)41-9-10-42-16(13-41)7-11-46-30-22-29(24(36)20(25(30)37)21-23(35)17(33)12-18(34)26(21)38)43(32(45)40-31(22)42)28-15(4)6-8-39-27(28)14(2)3/h5-6,8,12,14,16H,1,7,9-11,13,38H2,2-4H3. The summed E-state index contributed by atoms with van der Waals surface area (Å²) in [6, 6.07) is 2.28. The van der Waals surface area contributed by atoms with Gasteiger partial charge in [-0.2, -0.15) is 4.98 Å². The van der Waals surface area contributed by atoms with E-state index in [1.165, 1.54) is 6.08 Å². The highest BCUT2D eigenvalue weighted by molar-refractivity contribution is 6.37. The lowest BCUT2D eigenvalue weighted by Gasteiger charge is -2.43. The molecule has 240 valence electrons. The lowest BCUT2D eigenvalue weighted by atomic mass is 9.97. The molecule has 1 amide bonds. The van der Waals surface area contributed by atoms with Gasteiger partial charge in [0.1, 0.15) is 11.3 Å². The van der Waals surface area contributed by atoms with Crippen LogP contribution in [0.25, 0.3) is 27.7 Å². The van der Waals surface area contributed by atoms with Crippen LogP contribution in [0.15, 0.2) is 35.8 Å². The molecule has 2 aromatic carbocycles. The zero-order chi connectivity index (χ0) is 33.2. The van der Waals surface area contributed by atoms with Gasteiger partial charge in [-0.15, -0.1) is 0 Å². The molecule has 14 heteroatoms. The van der Waals surface area contributed by atoms with Crippen LogP contribution in [0, 0.1) is 24.4 Å². The average Bonchev–Trinajstić information content (AvgIpc) is 3.01. The van der Waals surface area contributed by atoms with Gasteiger partial charge in [-0.1, -0.05) is 43.6 Å². The Morgan fingerprint density at radius 1 is 1.15 bits per heavy atom. The number of hydrogen-bond donors (Lipinski definition) is 1. The topological polar surface area (TPSA) is 107 Å². The molecule has 4 heterocycles. The third-order valence-corrected chi connectivity index (χ3v) is 9.06. The monoisotopic (exact) mass is 672 g/mol. The van der Waals surface area contributed by atoms with Gasteiger partial charge in [0, 0.05) is 37.8 Å². The summed E-state index contributed by atoms with van der Waals surface area (Å²) in [5, 5.41) is -0.877. The molecule has 4 aromatic rings. The highest BCUT2D eigenvalue weighted by atomic mass is 35.5. The number of nitrogen functional groups attached to an aromatic ring is 1. The van der Waals surface area contributed by atoms with Crippen LogP contribution in [-0.4, -0.2) is 57.6 Å². The highest BCUT2D eigenvalue weighted by Gasteiger charge is 2.38. The quantitative estimate of drug-likeness (QED) is 0.157. The molecular formula is C32H29Cl2F3N6O3. The lowest BCUT2D eigenvalue weighted by Crippen LogP contribution is -2.56. The number of hydrogen-bond acceptors (Lipinski definition) is 7. The second-order valence-corrected chi connectivity index (χ2v) is 12.4. The summed E-state index contributed by atoms with van der Waals surface area (Å²) in [4.78, 5) is 38.8. The Morgan fingerprint density at radius 3 is 2.59 bits per heavy atom. The van der Waals surface area contributed by atoms with Crippen molar-refractivity contribution in [1.82, 2.24) is 19.4 Å². The number of benzene rings is 2. The third-order valence-electron chi connectivity index (χ3n) is 8.47. The van der Waals surface area contributed by atoms with Gasteiger partial charge in [0.2, 0.25) is 5.91 Å². The predicted molar refractivity (Wildman–Crippen MR) is 172 cm³/mol. The summed E-state index contributed by atoms with van der Waals surface area (Å²) in [6.45, 7) is 9.61. The molecule has 0 aliphatic carbocycles. The summed E-state index contributed by atoms with van der Waals surface area (Å²) >= 11 is 12.3. The van der Waals surface area contributed by atoms with Crippen LogP contribution < -0.4 is 21.1 Å². The van der Waals surface area contributed by atoms with E-state index in [4.69, 9.17) is 33.7 Å². The second-order valence-electron chi connectivity index (χ2n) is 11.5. The van der Waals surface area contributed by atoms with Gasteiger partial charge in [-0.05, 0) is 36.6 Å². The number of ether oxygens (including phenoxy) is 1. The number of nitrogens with zero attached hydrogens (tertiary/aromatic N) is 5. The fourth-order valence-electron chi connectivity index (χ4n) is 6.28. The van der Waals surface area contributed by atoms with Crippen molar-refractivity contribution < 1.29 is 22.7 Å². The van der Waals surface area contributed by atoms with Gasteiger partial charge in [0.05, 0.1) is 50.7 Å². The smallest absolute Gasteiger partial charge is 0.354 e. The Hall–Kier alpha value is -4.29. The van der Waals surface area contributed by atoms with Gasteiger partial charge in [-0.3, -0.25) is 14.3 Å². The van der Waals surface area contributed by atoms with Crippen molar-refractivity contribution >= 4 is 51.5 Å². The Kier molecular flexibility index (Phi) is 8.14. The zero-order valence-electron chi connectivity index (χ0n) is 25.1. The van der Waals surface area contributed by atoms with Gasteiger partial charge < -0.3 is 20.3 Å². The number of fused-ring (bicyclic) bond motifs is 2. The molecule has 2 N–H and O–H groups in total. The van der Waals surface area contributed by atoms with E-state index in [0.29, 0.717) is 11.3 Å². The fraction of sp³-hybridized carbons (Fsp3) is 0.312. The van der Waals surface area contributed by atoms with Crippen molar-refractivity contribution in [2.24, 2.45) is 0 Å². The molecule has 0 radical (unpaired) electrons. The van der Waals surface area contributed by atoms with Crippen molar-refractivity contribution in [3.8, 4) is 22.6 Å². The molecule has 2 aliphatic heterocycles. The maximum atomic E-state index is 17.3. The number of aryl methyl sites for hydroxylation is 1. The van der Waals surface area contributed by atoms with Crippen molar-refractivity contribution in [3.05, 3.63) is 80.2 Å². The number of piperazine rings is 1. The number of halogens is 5. The molecule has 1 saturated heterocycles. The van der Waals surface area contributed by atoms with Crippen LogP contribution in [0.2, 0.25) is 10.0 Å². The van der Waals surface area contributed by atoms with Crippen molar-refractivity contribution in [1.29, 1.82) is 0 Å². The summed E-state index contributed by atoms with van der Waals surface area (Å²) in [6.07, 6.45) is 3.07. The summed E-state index contributed by atoms with van der Waals surface area (Å²) in [7, 11) is 0. The zero-order valence-corrected chi connectivity index (χ0v) is 26.6. The van der Waals surface area contributed by atoms with Gasteiger partial charge in [0.15, 0.2) is 23.2 Å². The molecule has 2 aromatic heterocycles. The normalized spacial score (nSPS) is 16.2. The minimum Gasteiger partial charge on any atom is -0.490 e. The number of anilines is 2. The second kappa shape index (κ2) is 11.8. The van der Waals surface area contributed by atoms with Crippen LogP contribution in [-0.2, 0) is 4.79 Å². The summed E-state index contributed by atoms with van der Waals surface area (Å²) in [5.41, 5.74) is 3.99. The Balaban J connectivity index is 1.79. The molecule has 9 nitrogen and oxygen atoms in total. The lowest BCUT2D eigenvalue weighted by molar-refractivity contribution is -0.126. The number of carbonyl (C=O) groups excluding carboxylic acids is 1. The highest BCUT2D eigenvalue weighted by Crippen LogP contribution is 2.48. The van der Waals surface area contributed by atoms with E-state index in [1.54, 1.807) is 29.0 Å². The molecule has 1 unspecified atom stereocenters. The Labute approximate surface area is 272 Å². The first-order chi connectivity index (χ1) is 21.9. The first-order valence-electron chi connectivity index (χ1n) is 14.5. The van der Waals surface area contributed by atoms with Crippen molar-refractivity contribution in [3.63, 3.8) is 0 Å². The average molecular weight is 674 g/mol. The van der Waals surface area contributed by atoms with Crippen LogP contribution in [0.1, 0.15) is 37.4 Å². The number of rotatable bonds is 4. The Bertz CT molecular complexity index is 1990. The number of pyridine rings is 1. The largest absolute Gasteiger partial charge is 0.490 e. The molecule has 2 aliphatic rings. The number of carbonyl (C=O) groups is 1. The van der Waals surface area contributed by atoms with Gasteiger partial charge in [0.25, 0.3) is 0 Å². The van der Waals surface area contributed by atoms with Crippen LogP contribution in [0.4, 0.5) is 24.7 Å². The van der Waals surface area contributed by atoms with E-state index < -0.39 is 62.3 Å². The van der Waals surface area contributed by atoms with Crippen molar-refractivity contribution in [2.45, 2.75) is 39.2 Å². The number of amides is 1. The molecule has 0 bridgehead atoms. The molecule has 1 fully saturated rings. The molecule has 1 atom stereocenters. The van der Waals surface area contributed by atoms with Crippen LogP contribution >= 0.6 is 23.2 Å². The Morgan fingerprint density at radius 2 is 1.89 bits per heavy atom. The predicted octanol–water partition coefficient (Wildman–Crippen LogP) is 6.17. The van der Waals surface area contributed by atoms with Gasteiger partial charge in [-0.25, -0.2) is 18.0 Å². The molecule has 0 spiro atoms. The van der Waals surface area contributed by atoms with Crippen molar-refractivity contribution in [2.75, 3.05) is 36.9 Å². The van der Waals surface area contributed by atoms with Crippen LogP contribution in [0.3, 0.4) is 0 Å². The maximum absolute atomic E-state index is 17.3. The SMILES string of the molecule is C=CC(=O)N1CCN2c3nc(=O)n(-c4c(C)ccnc4C(C)C)c4c(F)c(-c5c(N)c(Cl)cc(Cl)c5F)c(F)c(c34)OCCC2C1. The van der Waals surface area contributed by atoms with Gasteiger partial charge >= 0.3 is 5.69 Å². The summed E-state index contributed by atoms with van der Waals surface area (Å²) in [5.74, 6) is -4.76. The molecular weight excluding hydrogens is 644 g/mol. The molecule has 0 saturated carbocycles. The van der Waals surface area contributed by atoms with E-state index in [-0.39, 0.29) is 66.4 Å². The molecule has 46 heavy (non-hydrogen) atoms. The first-order valence-corrected chi connectivity index (χ1v) is 15.3. The fourth-order valence-corrected chi connectivity index (χ4v) is 6.74. The number of aromatic nitrogens is 3. The molecule has 6 rings (SSSR count). The third kappa shape index (κ3) is 4.85. The maximum Gasteiger partial charge on any atom is 0.354 e.